The maximum absolute atomic E-state index is 12.4. The van der Waals surface area contributed by atoms with E-state index in [9.17, 15) is 4.79 Å². The summed E-state index contributed by atoms with van der Waals surface area (Å²) in [6, 6.07) is 11.9. The topological polar surface area (TPSA) is 42.0 Å². The van der Waals surface area contributed by atoms with Crippen LogP contribution in [0.15, 0.2) is 48.8 Å². The van der Waals surface area contributed by atoms with Gasteiger partial charge in [0.2, 0.25) is 5.91 Å². The number of amides is 1. The summed E-state index contributed by atoms with van der Waals surface area (Å²) in [6.45, 7) is 0. The molecule has 0 saturated heterocycles. The van der Waals surface area contributed by atoms with Gasteiger partial charge in [0.25, 0.3) is 0 Å². The number of nitrogens with one attached hydrogen (secondary N) is 1. The van der Waals surface area contributed by atoms with Gasteiger partial charge in [-0.25, -0.2) is 0 Å². The predicted octanol–water partition coefficient (Wildman–Crippen LogP) is 3.14. The van der Waals surface area contributed by atoms with Crippen LogP contribution in [-0.2, 0) is 11.2 Å². The zero-order chi connectivity index (χ0) is 13.1. The first-order valence-electron chi connectivity index (χ1n) is 6.63. The quantitative estimate of drug-likeness (QED) is 0.892. The minimum atomic E-state index is -0.0369. The molecular weight excluding hydrogens is 236 g/mol. The summed E-state index contributed by atoms with van der Waals surface area (Å²) >= 11 is 0. The number of pyridine rings is 1. The van der Waals surface area contributed by atoms with Gasteiger partial charge in [-0.1, -0.05) is 24.3 Å². The second-order valence-corrected chi connectivity index (χ2v) is 4.87. The van der Waals surface area contributed by atoms with Crippen LogP contribution in [0.2, 0.25) is 0 Å². The molecule has 1 aromatic carbocycles. The first kappa shape index (κ1) is 11.9. The van der Waals surface area contributed by atoms with Crippen LogP contribution < -0.4 is 5.32 Å². The van der Waals surface area contributed by atoms with Crippen LogP contribution in [0.4, 0.5) is 5.69 Å². The predicted molar refractivity (Wildman–Crippen MR) is 75.0 cm³/mol. The van der Waals surface area contributed by atoms with Crippen LogP contribution in [0.1, 0.15) is 29.9 Å². The van der Waals surface area contributed by atoms with Gasteiger partial charge in [-0.3, -0.25) is 9.78 Å². The highest BCUT2D eigenvalue weighted by molar-refractivity contribution is 5.96. The third-order valence-electron chi connectivity index (χ3n) is 3.61. The third kappa shape index (κ3) is 2.50. The molecule has 1 N–H and O–H groups in total. The van der Waals surface area contributed by atoms with E-state index in [1.54, 1.807) is 12.4 Å². The van der Waals surface area contributed by atoms with Crippen LogP contribution in [0.3, 0.4) is 0 Å². The van der Waals surface area contributed by atoms with Gasteiger partial charge in [-0.05, 0) is 42.5 Å². The van der Waals surface area contributed by atoms with Gasteiger partial charge in [-0.2, -0.15) is 0 Å². The Bertz CT molecular complexity index is 580. The summed E-state index contributed by atoms with van der Waals surface area (Å²) in [5.41, 5.74) is 3.24. The Kier molecular flexibility index (Phi) is 3.27. The first-order valence-corrected chi connectivity index (χ1v) is 6.63. The summed E-state index contributed by atoms with van der Waals surface area (Å²) in [6.07, 6.45) is 6.44. The summed E-state index contributed by atoms with van der Waals surface area (Å²) < 4.78 is 0. The van der Waals surface area contributed by atoms with Crippen LogP contribution in [0.5, 0.6) is 0 Å². The van der Waals surface area contributed by atoms with Crippen molar-refractivity contribution >= 4 is 11.6 Å². The molecule has 1 atom stereocenters. The lowest BCUT2D eigenvalue weighted by atomic mass is 9.82. The molecule has 1 aliphatic rings. The van der Waals surface area contributed by atoms with Crippen molar-refractivity contribution in [1.29, 1.82) is 0 Å². The van der Waals surface area contributed by atoms with E-state index in [0.29, 0.717) is 0 Å². The van der Waals surface area contributed by atoms with E-state index in [0.717, 1.165) is 24.9 Å². The molecule has 1 unspecified atom stereocenters. The van der Waals surface area contributed by atoms with Crippen LogP contribution in [0.25, 0.3) is 0 Å². The number of aryl methyl sites for hydroxylation is 1. The van der Waals surface area contributed by atoms with Crippen molar-refractivity contribution in [2.75, 3.05) is 5.32 Å². The molecule has 0 spiro atoms. The Hall–Kier alpha value is -2.16. The van der Waals surface area contributed by atoms with E-state index in [1.165, 1.54) is 11.1 Å². The molecule has 2 aromatic rings. The second kappa shape index (κ2) is 5.22. The fraction of sp³-hybridized carbons (Fsp3) is 0.250. The summed E-state index contributed by atoms with van der Waals surface area (Å²) in [4.78, 5) is 16.4. The molecule has 0 saturated carbocycles. The highest BCUT2D eigenvalue weighted by atomic mass is 16.1. The fourth-order valence-corrected chi connectivity index (χ4v) is 2.69. The Labute approximate surface area is 112 Å². The lowest BCUT2D eigenvalue weighted by Gasteiger charge is -2.24. The van der Waals surface area contributed by atoms with E-state index in [4.69, 9.17) is 0 Å². The van der Waals surface area contributed by atoms with Gasteiger partial charge in [-0.15, -0.1) is 0 Å². The first-order chi connectivity index (χ1) is 9.34. The van der Waals surface area contributed by atoms with E-state index in [2.05, 4.69) is 22.4 Å². The van der Waals surface area contributed by atoms with Gasteiger partial charge in [0, 0.05) is 6.20 Å². The van der Waals surface area contributed by atoms with Crippen molar-refractivity contribution in [3.05, 3.63) is 59.9 Å². The highest BCUT2D eigenvalue weighted by Gasteiger charge is 2.26. The van der Waals surface area contributed by atoms with Gasteiger partial charge >= 0.3 is 0 Å². The van der Waals surface area contributed by atoms with Gasteiger partial charge < -0.3 is 5.32 Å². The fourth-order valence-electron chi connectivity index (χ4n) is 2.69. The number of carbonyl (C=O) groups excluding carboxylic acids is 1. The van der Waals surface area contributed by atoms with E-state index in [-0.39, 0.29) is 11.8 Å². The maximum Gasteiger partial charge on any atom is 0.231 e. The Morgan fingerprint density at radius 3 is 2.95 bits per heavy atom. The second-order valence-electron chi connectivity index (χ2n) is 4.87. The molecule has 0 bridgehead atoms. The van der Waals surface area contributed by atoms with Crippen molar-refractivity contribution in [1.82, 2.24) is 4.98 Å². The molecule has 0 radical (unpaired) electrons. The molecular formula is C16H16N2O. The minimum absolute atomic E-state index is 0.0369. The molecule has 0 aliphatic heterocycles. The zero-order valence-electron chi connectivity index (χ0n) is 10.7. The molecule has 0 fully saturated rings. The van der Waals surface area contributed by atoms with Crippen LogP contribution >= 0.6 is 0 Å². The minimum Gasteiger partial charge on any atom is -0.324 e. The SMILES string of the molecule is O=C(Nc1cccnc1)C1CCCc2ccccc21. The molecule has 1 amide bonds. The molecule has 3 nitrogen and oxygen atoms in total. The zero-order valence-corrected chi connectivity index (χ0v) is 10.7. The summed E-state index contributed by atoms with van der Waals surface area (Å²) in [5.74, 6) is 0.0327. The number of anilines is 1. The van der Waals surface area contributed by atoms with Crippen molar-refractivity contribution in [3.63, 3.8) is 0 Å². The smallest absolute Gasteiger partial charge is 0.231 e. The van der Waals surface area contributed by atoms with Crippen molar-refractivity contribution < 1.29 is 4.79 Å². The average Bonchev–Trinajstić information content (AvgIpc) is 2.47. The normalized spacial score (nSPS) is 17.6. The third-order valence-corrected chi connectivity index (χ3v) is 3.61. The summed E-state index contributed by atoms with van der Waals surface area (Å²) in [5, 5.41) is 2.95. The molecule has 1 aliphatic carbocycles. The standard InChI is InChI=1S/C16H16N2O/c19-16(18-13-7-4-10-17-11-13)15-9-3-6-12-5-1-2-8-14(12)15/h1-2,4-5,7-8,10-11,15H,3,6,9H2,(H,18,19). The Morgan fingerprint density at radius 2 is 2.11 bits per heavy atom. The van der Waals surface area contributed by atoms with Gasteiger partial charge in [0.15, 0.2) is 0 Å². The number of nitrogens with zero attached hydrogens (tertiary/aromatic N) is 1. The molecule has 3 heteroatoms. The number of carbonyl (C=O) groups is 1. The average molecular weight is 252 g/mol. The van der Waals surface area contributed by atoms with E-state index < -0.39 is 0 Å². The number of fused-ring (bicyclic) bond motifs is 1. The summed E-state index contributed by atoms with van der Waals surface area (Å²) in [7, 11) is 0. The van der Waals surface area contributed by atoms with Crippen LogP contribution in [-0.4, -0.2) is 10.9 Å². The van der Waals surface area contributed by atoms with Crippen LogP contribution in [0, 0.1) is 0 Å². The molecule has 19 heavy (non-hydrogen) atoms. The van der Waals surface area contributed by atoms with Gasteiger partial charge in [0.1, 0.15) is 0 Å². The molecule has 1 aromatic heterocycles. The number of hydrogen-bond donors (Lipinski definition) is 1. The largest absolute Gasteiger partial charge is 0.324 e. The number of benzene rings is 1. The molecule has 96 valence electrons. The lowest BCUT2D eigenvalue weighted by Crippen LogP contribution is -2.24. The monoisotopic (exact) mass is 252 g/mol. The number of hydrogen-bond acceptors (Lipinski definition) is 2. The Balaban J connectivity index is 1.82. The van der Waals surface area contributed by atoms with Gasteiger partial charge in [0.05, 0.1) is 17.8 Å². The van der Waals surface area contributed by atoms with Crippen molar-refractivity contribution in [2.24, 2.45) is 0 Å². The lowest BCUT2D eigenvalue weighted by molar-refractivity contribution is -0.117. The highest BCUT2D eigenvalue weighted by Crippen LogP contribution is 2.32. The van der Waals surface area contributed by atoms with Crippen molar-refractivity contribution in [2.45, 2.75) is 25.2 Å². The number of rotatable bonds is 2. The molecule has 1 heterocycles. The van der Waals surface area contributed by atoms with E-state index in [1.807, 2.05) is 24.3 Å². The van der Waals surface area contributed by atoms with Crippen molar-refractivity contribution in [3.8, 4) is 0 Å². The number of aromatic nitrogens is 1. The van der Waals surface area contributed by atoms with E-state index >= 15 is 0 Å². The molecule has 3 rings (SSSR count). The maximum atomic E-state index is 12.4. The Morgan fingerprint density at radius 1 is 1.21 bits per heavy atom.